The summed E-state index contributed by atoms with van der Waals surface area (Å²) in [5, 5.41) is 8.00. The van der Waals surface area contributed by atoms with Crippen molar-refractivity contribution in [1.82, 2.24) is 14.6 Å². The molecule has 2 aromatic heterocycles. The molecule has 1 N–H and O–H groups in total. The fourth-order valence-corrected chi connectivity index (χ4v) is 3.41. The summed E-state index contributed by atoms with van der Waals surface area (Å²) in [6.45, 7) is 0.922. The molecule has 0 atom stereocenters. The molecule has 0 saturated heterocycles. The van der Waals surface area contributed by atoms with Gasteiger partial charge in [0.15, 0.2) is 17.1 Å². The zero-order chi connectivity index (χ0) is 19.8. The fraction of sp³-hybridized carbons (Fsp3) is 0.182. The summed E-state index contributed by atoms with van der Waals surface area (Å²) in [6.07, 6.45) is 3.66. The Balaban J connectivity index is 1.41. The highest BCUT2D eigenvalue weighted by atomic mass is 16.7. The van der Waals surface area contributed by atoms with E-state index in [-0.39, 0.29) is 6.79 Å². The van der Waals surface area contributed by atoms with Gasteiger partial charge < -0.3 is 19.7 Å². The maximum Gasteiger partial charge on any atom is 0.231 e. The molecule has 1 aliphatic heterocycles. The topological polar surface area (TPSA) is 63.9 Å². The summed E-state index contributed by atoms with van der Waals surface area (Å²) in [5.41, 5.74) is 5.17. The standard InChI is InChI=1S/C22H21N5O2/c1-26(2)17-6-4-16(5-7-17)18-13-25-27-21(9-10-23-22(18)27)24-12-15-3-8-19-20(11-15)29-14-28-19/h3-11,13,24H,12,14H2,1-2H3. The Morgan fingerprint density at radius 1 is 1.03 bits per heavy atom. The second kappa shape index (κ2) is 7.01. The molecule has 0 saturated carbocycles. The molecule has 4 aromatic rings. The van der Waals surface area contributed by atoms with Crippen molar-refractivity contribution >= 4 is 17.2 Å². The average Bonchev–Trinajstić information content (AvgIpc) is 3.39. The SMILES string of the molecule is CN(C)c1ccc(-c2cnn3c(NCc4ccc5c(c4)OCO5)ccnc23)cc1. The molecule has 7 nitrogen and oxygen atoms in total. The number of ether oxygens (including phenoxy) is 2. The summed E-state index contributed by atoms with van der Waals surface area (Å²) in [6, 6.07) is 16.3. The van der Waals surface area contributed by atoms with E-state index < -0.39 is 0 Å². The van der Waals surface area contributed by atoms with Gasteiger partial charge >= 0.3 is 0 Å². The molecular formula is C22H21N5O2. The van der Waals surface area contributed by atoms with E-state index >= 15 is 0 Å². The van der Waals surface area contributed by atoms with Crippen LogP contribution in [0.15, 0.2) is 60.9 Å². The van der Waals surface area contributed by atoms with Crippen LogP contribution in [0.1, 0.15) is 5.56 Å². The quantitative estimate of drug-likeness (QED) is 0.562. The molecule has 5 rings (SSSR count). The van der Waals surface area contributed by atoms with Crippen LogP contribution in [0.2, 0.25) is 0 Å². The van der Waals surface area contributed by atoms with Crippen molar-refractivity contribution in [3.05, 3.63) is 66.5 Å². The first-order valence-corrected chi connectivity index (χ1v) is 9.42. The molecular weight excluding hydrogens is 366 g/mol. The Morgan fingerprint density at radius 3 is 2.69 bits per heavy atom. The van der Waals surface area contributed by atoms with Crippen molar-refractivity contribution in [2.75, 3.05) is 31.1 Å². The summed E-state index contributed by atoms with van der Waals surface area (Å²) in [7, 11) is 4.06. The molecule has 0 radical (unpaired) electrons. The van der Waals surface area contributed by atoms with E-state index in [1.807, 2.05) is 49.1 Å². The predicted molar refractivity (Wildman–Crippen MR) is 113 cm³/mol. The van der Waals surface area contributed by atoms with Gasteiger partial charge in [0.1, 0.15) is 5.82 Å². The van der Waals surface area contributed by atoms with Crippen LogP contribution in [0.5, 0.6) is 11.5 Å². The number of hydrogen-bond acceptors (Lipinski definition) is 6. The molecule has 0 aliphatic carbocycles. The molecule has 3 heterocycles. The molecule has 0 amide bonds. The number of rotatable bonds is 5. The molecule has 1 aliphatic rings. The first-order valence-electron chi connectivity index (χ1n) is 9.42. The van der Waals surface area contributed by atoms with Crippen molar-refractivity contribution in [2.24, 2.45) is 0 Å². The van der Waals surface area contributed by atoms with Crippen molar-refractivity contribution in [3.8, 4) is 22.6 Å². The lowest BCUT2D eigenvalue weighted by atomic mass is 10.1. The van der Waals surface area contributed by atoms with E-state index in [0.29, 0.717) is 6.54 Å². The predicted octanol–water partition coefficient (Wildman–Crippen LogP) is 3.80. The van der Waals surface area contributed by atoms with Crippen LogP contribution in [-0.2, 0) is 6.54 Å². The highest BCUT2D eigenvalue weighted by Crippen LogP contribution is 2.33. The molecule has 2 aromatic carbocycles. The first kappa shape index (κ1) is 17.4. The third-order valence-electron chi connectivity index (χ3n) is 5.01. The number of fused-ring (bicyclic) bond motifs is 2. The largest absolute Gasteiger partial charge is 0.454 e. The van der Waals surface area contributed by atoms with Crippen LogP contribution < -0.4 is 19.7 Å². The molecule has 0 spiro atoms. The van der Waals surface area contributed by atoms with Gasteiger partial charge in [0.05, 0.1) is 6.20 Å². The maximum absolute atomic E-state index is 5.46. The molecule has 0 bridgehead atoms. The van der Waals surface area contributed by atoms with Gasteiger partial charge in [-0.25, -0.2) is 4.98 Å². The van der Waals surface area contributed by atoms with E-state index in [2.05, 4.69) is 44.6 Å². The number of hydrogen-bond donors (Lipinski definition) is 1. The average molecular weight is 387 g/mol. The minimum absolute atomic E-state index is 0.281. The normalized spacial score (nSPS) is 12.3. The minimum Gasteiger partial charge on any atom is -0.454 e. The molecule has 7 heteroatoms. The lowest BCUT2D eigenvalue weighted by Gasteiger charge is -2.12. The molecule has 0 fully saturated rings. The van der Waals surface area contributed by atoms with Gasteiger partial charge in [-0.3, -0.25) is 0 Å². The smallest absolute Gasteiger partial charge is 0.231 e. The first-order chi connectivity index (χ1) is 14.2. The zero-order valence-corrected chi connectivity index (χ0v) is 16.3. The lowest BCUT2D eigenvalue weighted by molar-refractivity contribution is 0.174. The Bertz CT molecular complexity index is 1170. The number of nitrogens with zero attached hydrogens (tertiary/aromatic N) is 4. The number of anilines is 2. The minimum atomic E-state index is 0.281. The molecule has 146 valence electrons. The second-order valence-electron chi connectivity index (χ2n) is 7.11. The van der Waals surface area contributed by atoms with Crippen LogP contribution in [0.25, 0.3) is 16.8 Å². The summed E-state index contributed by atoms with van der Waals surface area (Å²) < 4.78 is 12.7. The molecule has 29 heavy (non-hydrogen) atoms. The van der Waals surface area contributed by atoms with Crippen molar-refractivity contribution in [2.45, 2.75) is 6.54 Å². The monoisotopic (exact) mass is 387 g/mol. The number of nitrogens with one attached hydrogen (secondary N) is 1. The van der Waals surface area contributed by atoms with Gasteiger partial charge in [-0.15, -0.1) is 0 Å². The lowest BCUT2D eigenvalue weighted by Crippen LogP contribution is -2.07. The van der Waals surface area contributed by atoms with E-state index in [1.54, 1.807) is 6.20 Å². The fourth-order valence-electron chi connectivity index (χ4n) is 3.41. The van der Waals surface area contributed by atoms with Gasteiger partial charge in [-0.2, -0.15) is 9.61 Å². The second-order valence-corrected chi connectivity index (χ2v) is 7.11. The van der Waals surface area contributed by atoms with Crippen molar-refractivity contribution in [3.63, 3.8) is 0 Å². The van der Waals surface area contributed by atoms with Crippen LogP contribution >= 0.6 is 0 Å². The van der Waals surface area contributed by atoms with Crippen LogP contribution in [0, 0.1) is 0 Å². The van der Waals surface area contributed by atoms with Crippen molar-refractivity contribution < 1.29 is 9.47 Å². The third-order valence-corrected chi connectivity index (χ3v) is 5.01. The van der Waals surface area contributed by atoms with Gasteiger partial charge in [-0.05, 0) is 41.5 Å². The summed E-state index contributed by atoms with van der Waals surface area (Å²) in [5.74, 6) is 2.45. The van der Waals surface area contributed by atoms with Crippen LogP contribution in [0.4, 0.5) is 11.5 Å². The third kappa shape index (κ3) is 3.20. The van der Waals surface area contributed by atoms with E-state index in [0.717, 1.165) is 45.3 Å². The highest BCUT2D eigenvalue weighted by molar-refractivity contribution is 5.78. The number of aromatic nitrogens is 3. The molecule has 0 unspecified atom stereocenters. The highest BCUT2D eigenvalue weighted by Gasteiger charge is 2.14. The van der Waals surface area contributed by atoms with E-state index in [9.17, 15) is 0 Å². The zero-order valence-electron chi connectivity index (χ0n) is 16.3. The van der Waals surface area contributed by atoms with Gasteiger partial charge in [0.2, 0.25) is 6.79 Å². The van der Waals surface area contributed by atoms with Crippen molar-refractivity contribution in [1.29, 1.82) is 0 Å². The van der Waals surface area contributed by atoms with E-state index in [1.165, 1.54) is 0 Å². The van der Waals surface area contributed by atoms with Gasteiger partial charge in [0.25, 0.3) is 0 Å². The van der Waals surface area contributed by atoms with Crippen LogP contribution in [0.3, 0.4) is 0 Å². The Labute approximate surface area is 168 Å². The summed E-state index contributed by atoms with van der Waals surface area (Å²) in [4.78, 5) is 6.63. The Morgan fingerprint density at radius 2 is 1.86 bits per heavy atom. The Kier molecular flexibility index (Phi) is 4.20. The number of benzene rings is 2. The van der Waals surface area contributed by atoms with Crippen LogP contribution in [-0.4, -0.2) is 35.5 Å². The van der Waals surface area contributed by atoms with Gasteiger partial charge in [-0.1, -0.05) is 18.2 Å². The summed E-state index contributed by atoms with van der Waals surface area (Å²) >= 11 is 0. The maximum atomic E-state index is 5.46. The Hall–Kier alpha value is -3.74. The van der Waals surface area contributed by atoms with Gasteiger partial charge in [0, 0.05) is 38.1 Å². The van der Waals surface area contributed by atoms with E-state index in [4.69, 9.17) is 9.47 Å².